The lowest BCUT2D eigenvalue weighted by molar-refractivity contribution is -0.152. The van der Waals surface area contributed by atoms with Gasteiger partial charge in [-0.2, -0.15) is 5.26 Å². The second-order valence-electron chi connectivity index (χ2n) is 15.3. The van der Waals surface area contributed by atoms with Crippen molar-refractivity contribution in [2.24, 2.45) is 27.6 Å². The Kier molecular flexibility index (Phi) is 7.53. The van der Waals surface area contributed by atoms with Gasteiger partial charge >= 0.3 is 11.9 Å². The number of carbonyl (C=O) groups excluding carboxylic acids is 2. The van der Waals surface area contributed by atoms with Gasteiger partial charge in [0.05, 0.1) is 11.5 Å². The first kappa shape index (κ1) is 31.2. The Hall–Kier alpha value is -2.26. The summed E-state index contributed by atoms with van der Waals surface area (Å²) in [6.07, 6.45) is 10.0. The van der Waals surface area contributed by atoms with Crippen LogP contribution >= 0.6 is 11.8 Å². The molecule has 3 fully saturated rings. The third-order valence-corrected chi connectivity index (χ3v) is 13.4. The minimum absolute atomic E-state index is 0.0323. The van der Waals surface area contributed by atoms with E-state index in [1.54, 1.807) is 0 Å². The molecule has 1 aromatic rings. The highest BCUT2D eigenvalue weighted by Gasteiger charge is 2.67. The number of nitrogens with zero attached hydrogens (tertiary/aromatic N) is 1. The van der Waals surface area contributed by atoms with E-state index in [2.05, 4.69) is 60.6 Å². The smallest absolute Gasteiger partial charge is 0.308 e. The molecule has 1 aromatic carbocycles. The van der Waals surface area contributed by atoms with Crippen LogP contribution in [0.3, 0.4) is 0 Å². The molecular formula is C36H49NO4S. The van der Waals surface area contributed by atoms with Gasteiger partial charge in [0.25, 0.3) is 0 Å². The lowest BCUT2D eigenvalue weighted by Gasteiger charge is -2.70. The average Bonchev–Trinajstić information content (AvgIpc) is 2.89. The maximum absolute atomic E-state index is 12.2. The molecule has 0 amide bonds. The van der Waals surface area contributed by atoms with Crippen LogP contribution in [0, 0.1) is 45.8 Å². The highest BCUT2D eigenvalue weighted by molar-refractivity contribution is 8.00. The van der Waals surface area contributed by atoms with Crippen LogP contribution in [0.1, 0.15) is 129 Å². The summed E-state index contributed by atoms with van der Waals surface area (Å²) in [6.45, 7) is 21.4. The first-order valence-corrected chi connectivity index (χ1v) is 16.7. The first-order chi connectivity index (χ1) is 19.4. The van der Waals surface area contributed by atoms with Crippen molar-refractivity contribution in [1.82, 2.24) is 0 Å². The van der Waals surface area contributed by atoms with Gasteiger partial charge in [-0.15, -0.1) is 11.8 Å². The lowest BCUT2D eigenvalue weighted by atomic mass is 9.34. The van der Waals surface area contributed by atoms with Crippen molar-refractivity contribution in [2.75, 3.05) is 0 Å². The normalized spacial score (nSPS) is 38.7. The van der Waals surface area contributed by atoms with Gasteiger partial charge in [-0.05, 0) is 103 Å². The Morgan fingerprint density at radius 1 is 0.976 bits per heavy atom. The molecule has 4 aliphatic rings. The molecular weight excluding hydrogens is 542 g/mol. The third kappa shape index (κ3) is 4.56. The number of fused-ring (bicyclic) bond motifs is 7. The zero-order chi connectivity index (χ0) is 31.0. The number of hydrogen-bond donors (Lipinski definition) is 0. The molecule has 0 spiro atoms. The van der Waals surface area contributed by atoms with E-state index in [-0.39, 0.29) is 32.3 Å². The molecule has 1 unspecified atom stereocenters. The van der Waals surface area contributed by atoms with E-state index in [9.17, 15) is 14.9 Å². The molecule has 7 atom stereocenters. The van der Waals surface area contributed by atoms with Gasteiger partial charge in [0.15, 0.2) is 11.5 Å². The molecule has 0 bridgehead atoms. The molecule has 3 saturated carbocycles. The predicted octanol–water partition coefficient (Wildman–Crippen LogP) is 9.16. The van der Waals surface area contributed by atoms with Crippen LogP contribution < -0.4 is 9.47 Å². The Labute approximate surface area is 257 Å². The Balaban J connectivity index is 1.72. The SMILES string of the molecule is CC(=O)Oc1cc2c(c(C)c1OC(C)=O)C(SC(C)C)C=C1[C@@]2(C)CC[C@@]2(C)[C@@H]3C[C@](C)(C#N)CC[C@]3(C)CC[C@]12C. The predicted molar refractivity (Wildman–Crippen MR) is 169 cm³/mol. The average molecular weight is 592 g/mol. The summed E-state index contributed by atoms with van der Waals surface area (Å²) < 4.78 is 11.4. The van der Waals surface area contributed by atoms with Crippen LogP contribution in [0.2, 0.25) is 0 Å². The lowest BCUT2D eigenvalue weighted by Crippen LogP contribution is -2.62. The van der Waals surface area contributed by atoms with E-state index in [0.717, 1.165) is 44.1 Å². The minimum Gasteiger partial charge on any atom is -0.423 e. The van der Waals surface area contributed by atoms with E-state index in [1.165, 1.54) is 37.0 Å². The number of allylic oxidation sites excluding steroid dienone is 1. The van der Waals surface area contributed by atoms with E-state index in [4.69, 9.17) is 9.47 Å². The van der Waals surface area contributed by atoms with Crippen molar-refractivity contribution in [1.29, 1.82) is 5.26 Å². The topological polar surface area (TPSA) is 76.4 Å². The summed E-state index contributed by atoms with van der Waals surface area (Å²) in [5, 5.41) is 10.7. The van der Waals surface area contributed by atoms with Gasteiger partial charge in [0.1, 0.15) is 0 Å². The Bertz CT molecular complexity index is 1410. The molecule has 0 N–H and O–H groups in total. The number of ether oxygens (including phenoxy) is 2. The molecule has 4 aliphatic carbocycles. The third-order valence-electron chi connectivity index (χ3n) is 12.2. The molecule has 0 radical (unpaired) electrons. The monoisotopic (exact) mass is 591 g/mol. The molecule has 0 aliphatic heterocycles. The van der Waals surface area contributed by atoms with Crippen molar-refractivity contribution < 1.29 is 19.1 Å². The van der Waals surface area contributed by atoms with Gasteiger partial charge in [-0.3, -0.25) is 9.59 Å². The zero-order valence-electron chi connectivity index (χ0n) is 27.3. The number of thioether (sulfide) groups is 1. The number of benzene rings is 1. The Morgan fingerprint density at radius 2 is 1.62 bits per heavy atom. The van der Waals surface area contributed by atoms with Crippen LogP contribution in [0.4, 0.5) is 0 Å². The fourth-order valence-electron chi connectivity index (χ4n) is 9.67. The second-order valence-corrected chi connectivity index (χ2v) is 17.1. The fraction of sp³-hybridized carbons (Fsp3) is 0.694. The standard InChI is InChI=1S/C36H49NO4S/c1-21(2)42-27-18-28-34(8,25-17-26(40-23(4)38)31(41-24(5)39)22(3)30(25)27)14-16-36(10)29-19-32(6,20-37)11-12-33(29,7)13-15-35(28,36)9/h17-18,21,27,29H,11-16,19H2,1-10H3/t27?,29-,32-,33-,34+,35-,36+/m1/s1. The summed E-state index contributed by atoms with van der Waals surface area (Å²) >= 11 is 1.93. The Morgan fingerprint density at radius 3 is 2.21 bits per heavy atom. The number of nitriles is 1. The number of rotatable bonds is 4. The van der Waals surface area contributed by atoms with E-state index < -0.39 is 11.9 Å². The summed E-state index contributed by atoms with van der Waals surface area (Å²) in [7, 11) is 0. The largest absolute Gasteiger partial charge is 0.423 e. The van der Waals surface area contributed by atoms with Crippen molar-refractivity contribution in [3.63, 3.8) is 0 Å². The first-order valence-electron chi connectivity index (χ1n) is 15.8. The van der Waals surface area contributed by atoms with Gasteiger partial charge in [0.2, 0.25) is 0 Å². The summed E-state index contributed by atoms with van der Waals surface area (Å²) in [5.41, 5.74) is 4.56. The van der Waals surface area contributed by atoms with Gasteiger partial charge in [0, 0.05) is 30.1 Å². The van der Waals surface area contributed by atoms with Crippen molar-refractivity contribution in [2.45, 2.75) is 130 Å². The van der Waals surface area contributed by atoms with E-state index in [0.29, 0.717) is 22.7 Å². The van der Waals surface area contributed by atoms with E-state index >= 15 is 0 Å². The van der Waals surface area contributed by atoms with Crippen molar-refractivity contribution in [3.8, 4) is 17.6 Å². The molecule has 6 heteroatoms. The van der Waals surface area contributed by atoms with Gasteiger partial charge < -0.3 is 9.47 Å². The van der Waals surface area contributed by atoms with E-state index in [1.807, 2.05) is 24.8 Å². The summed E-state index contributed by atoms with van der Waals surface area (Å²) in [4.78, 5) is 24.4. The fourth-order valence-corrected chi connectivity index (χ4v) is 10.9. The van der Waals surface area contributed by atoms with Crippen molar-refractivity contribution in [3.05, 3.63) is 34.4 Å². The molecule has 0 heterocycles. The van der Waals surface area contributed by atoms with Crippen LogP contribution in [-0.2, 0) is 15.0 Å². The summed E-state index contributed by atoms with van der Waals surface area (Å²) in [6, 6.07) is 4.72. The second kappa shape index (κ2) is 10.1. The van der Waals surface area contributed by atoms with Crippen LogP contribution in [0.15, 0.2) is 17.7 Å². The highest BCUT2D eigenvalue weighted by atomic mass is 32.2. The van der Waals surface area contributed by atoms with Crippen LogP contribution in [-0.4, -0.2) is 17.2 Å². The molecule has 5 nitrogen and oxygen atoms in total. The van der Waals surface area contributed by atoms with Gasteiger partial charge in [-0.1, -0.05) is 53.2 Å². The maximum Gasteiger partial charge on any atom is 0.308 e. The molecule has 0 aromatic heterocycles. The highest BCUT2D eigenvalue weighted by Crippen LogP contribution is 2.75. The molecule has 5 rings (SSSR count). The molecule has 0 saturated heterocycles. The zero-order valence-corrected chi connectivity index (χ0v) is 28.1. The quantitative estimate of drug-likeness (QED) is 0.197. The van der Waals surface area contributed by atoms with Crippen LogP contribution in [0.25, 0.3) is 0 Å². The number of esters is 2. The minimum atomic E-state index is -0.430. The van der Waals surface area contributed by atoms with Crippen molar-refractivity contribution >= 4 is 23.7 Å². The molecule has 228 valence electrons. The van der Waals surface area contributed by atoms with Gasteiger partial charge in [-0.25, -0.2) is 0 Å². The number of carbonyl (C=O) groups is 2. The number of hydrogen-bond acceptors (Lipinski definition) is 6. The maximum atomic E-state index is 12.2. The summed E-state index contributed by atoms with van der Waals surface area (Å²) in [5.74, 6) is 0.303. The van der Waals surface area contributed by atoms with Crippen LogP contribution in [0.5, 0.6) is 11.5 Å². The molecule has 42 heavy (non-hydrogen) atoms.